The first-order valence-electron chi connectivity index (χ1n) is 4.94. The zero-order valence-electron chi connectivity index (χ0n) is 8.59. The molecule has 1 heterocycles. The molecule has 2 rings (SSSR count). The van der Waals surface area contributed by atoms with E-state index in [1.807, 2.05) is 25.1 Å². The summed E-state index contributed by atoms with van der Waals surface area (Å²) in [5.41, 5.74) is 1.18. The number of rotatable bonds is 4. The highest BCUT2D eigenvalue weighted by molar-refractivity contribution is 5.23. The van der Waals surface area contributed by atoms with Crippen molar-refractivity contribution in [3.8, 4) is 0 Å². The summed E-state index contributed by atoms with van der Waals surface area (Å²) in [4.78, 5) is 0. The second-order valence-corrected chi connectivity index (χ2v) is 3.18. The Hall–Kier alpha value is -1.91. The molecular formula is C10H13N5. The first kappa shape index (κ1) is 9.64. The molecule has 0 saturated heterocycles. The SMILES string of the molecule is CCNc1nnnn1Cc1ccccc1. The van der Waals surface area contributed by atoms with Crippen molar-refractivity contribution in [2.45, 2.75) is 13.5 Å². The summed E-state index contributed by atoms with van der Waals surface area (Å²) in [6, 6.07) is 10.1. The van der Waals surface area contributed by atoms with Gasteiger partial charge in [-0.3, -0.25) is 0 Å². The maximum Gasteiger partial charge on any atom is 0.243 e. The van der Waals surface area contributed by atoms with Crippen molar-refractivity contribution in [3.05, 3.63) is 35.9 Å². The zero-order chi connectivity index (χ0) is 10.5. The highest BCUT2D eigenvalue weighted by atomic mass is 15.6. The molecule has 2 aromatic rings. The molecule has 0 aliphatic heterocycles. The number of tetrazole rings is 1. The topological polar surface area (TPSA) is 55.6 Å². The molecule has 0 amide bonds. The lowest BCUT2D eigenvalue weighted by molar-refractivity contribution is 0.652. The van der Waals surface area contributed by atoms with Gasteiger partial charge in [0.2, 0.25) is 5.95 Å². The summed E-state index contributed by atoms with van der Waals surface area (Å²) < 4.78 is 1.75. The van der Waals surface area contributed by atoms with Gasteiger partial charge in [-0.15, -0.1) is 0 Å². The molecule has 0 saturated carbocycles. The first-order chi connectivity index (χ1) is 7.40. The summed E-state index contributed by atoms with van der Waals surface area (Å²) in [6.45, 7) is 3.52. The Labute approximate surface area is 88.1 Å². The van der Waals surface area contributed by atoms with E-state index in [4.69, 9.17) is 0 Å². The molecule has 0 unspecified atom stereocenters. The van der Waals surface area contributed by atoms with Gasteiger partial charge in [-0.05, 0) is 22.9 Å². The average molecular weight is 203 g/mol. The molecule has 15 heavy (non-hydrogen) atoms. The second-order valence-electron chi connectivity index (χ2n) is 3.18. The normalized spacial score (nSPS) is 10.2. The minimum Gasteiger partial charge on any atom is -0.353 e. The number of nitrogens with one attached hydrogen (secondary N) is 1. The molecule has 5 heteroatoms. The Morgan fingerprint density at radius 1 is 1.27 bits per heavy atom. The van der Waals surface area contributed by atoms with Gasteiger partial charge in [0.15, 0.2) is 0 Å². The van der Waals surface area contributed by atoms with Gasteiger partial charge in [0, 0.05) is 6.54 Å². The van der Waals surface area contributed by atoms with Gasteiger partial charge in [0.05, 0.1) is 6.54 Å². The Morgan fingerprint density at radius 2 is 2.07 bits per heavy atom. The largest absolute Gasteiger partial charge is 0.353 e. The van der Waals surface area contributed by atoms with Gasteiger partial charge in [0.25, 0.3) is 0 Å². The van der Waals surface area contributed by atoms with Crippen molar-refractivity contribution in [2.75, 3.05) is 11.9 Å². The molecule has 0 atom stereocenters. The van der Waals surface area contributed by atoms with E-state index in [-0.39, 0.29) is 0 Å². The van der Waals surface area contributed by atoms with E-state index in [2.05, 4.69) is 33.0 Å². The summed E-state index contributed by atoms with van der Waals surface area (Å²) >= 11 is 0. The molecule has 0 bridgehead atoms. The van der Waals surface area contributed by atoms with Gasteiger partial charge in [-0.25, -0.2) is 4.68 Å². The Kier molecular flexibility index (Phi) is 2.92. The van der Waals surface area contributed by atoms with Gasteiger partial charge < -0.3 is 5.32 Å². The van der Waals surface area contributed by atoms with Crippen molar-refractivity contribution in [1.82, 2.24) is 20.2 Å². The molecule has 1 aromatic carbocycles. The van der Waals surface area contributed by atoms with E-state index in [1.165, 1.54) is 5.56 Å². The monoisotopic (exact) mass is 203 g/mol. The summed E-state index contributed by atoms with van der Waals surface area (Å²) in [5, 5.41) is 14.6. The fourth-order valence-electron chi connectivity index (χ4n) is 1.35. The van der Waals surface area contributed by atoms with Crippen LogP contribution in [0.5, 0.6) is 0 Å². The van der Waals surface area contributed by atoms with Gasteiger partial charge in [-0.1, -0.05) is 35.4 Å². The molecule has 1 aromatic heterocycles. The highest BCUT2D eigenvalue weighted by Crippen LogP contribution is 2.05. The quantitative estimate of drug-likeness (QED) is 0.810. The molecule has 5 nitrogen and oxygen atoms in total. The number of aromatic nitrogens is 4. The van der Waals surface area contributed by atoms with Crippen LogP contribution in [0.3, 0.4) is 0 Å². The second kappa shape index (κ2) is 4.54. The third kappa shape index (κ3) is 2.31. The van der Waals surface area contributed by atoms with E-state index in [0.717, 1.165) is 6.54 Å². The van der Waals surface area contributed by atoms with E-state index in [9.17, 15) is 0 Å². The first-order valence-corrected chi connectivity index (χ1v) is 4.94. The number of anilines is 1. The van der Waals surface area contributed by atoms with Gasteiger partial charge in [0.1, 0.15) is 0 Å². The molecular weight excluding hydrogens is 190 g/mol. The maximum absolute atomic E-state index is 3.92. The zero-order valence-corrected chi connectivity index (χ0v) is 8.59. The molecule has 78 valence electrons. The number of benzene rings is 1. The van der Waals surface area contributed by atoms with Crippen LogP contribution in [0.2, 0.25) is 0 Å². The molecule has 1 N–H and O–H groups in total. The Balaban J connectivity index is 2.14. The maximum atomic E-state index is 3.92. The molecule has 0 aliphatic rings. The standard InChI is InChI=1S/C10H13N5/c1-2-11-10-12-13-14-15(10)8-9-6-4-3-5-7-9/h3-7H,2,8H2,1H3,(H,11,12,14). The van der Waals surface area contributed by atoms with Crippen molar-refractivity contribution in [3.63, 3.8) is 0 Å². The third-order valence-electron chi connectivity index (χ3n) is 2.04. The predicted molar refractivity (Wildman–Crippen MR) is 57.5 cm³/mol. The molecule has 0 fully saturated rings. The van der Waals surface area contributed by atoms with E-state index in [0.29, 0.717) is 12.5 Å². The fraction of sp³-hybridized carbons (Fsp3) is 0.300. The van der Waals surface area contributed by atoms with Crippen LogP contribution in [0.4, 0.5) is 5.95 Å². The fourth-order valence-corrected chi connectivity index (χ4v) is 1.35. The van der Waals surface area contributed by atoms with Crippen LogP contribution >= 0.6 is 0 Å². The number of hydrogen-bond acceptors (Lipinski definition) is 4. The minimum absolute atomic E-state index is 0.691. The predicted octanol–water partition coefficient (Wildman–Crippen LogP) is 1.15. The van der Waals surface area contributed by atoms with Crippen LogP contribution in [-0.4, -0.2) is 26.8 Å². The Bertz CT molecular complexity index is 409. The summed E-state index contributed by atoms with van der Waals surface area (Å²) in [7, 11) is 0. The van der Waals surface area contributed by atoms with E-state index in [1.54, 1.807) is 4.68 Å². The molecule has 0 spiro atoms. The number of nitrogens with zero attached hydrogens (tertiary/aromatic N) is 4. The smallest absolute Gasteiger partial charge is 0.243 e. The molecule has 0 radical (unpaired) electrons. The lowest BCUT2D eigenvalue weighted by Crippen LogP contribution is -2.09. The van der Waals surface area contributed by atoms with Crippen molar-refractivity contribution >= 4 is 5.95 Å². The lowest BCUT2D eigenvalue weighted by Gasteiger charge is -2.04. The van der Waals surface area contributed by atoms with Gasteiger partial charge in [-0.2, -0.15) is 0 Å². The van der Waals surface area contributed by atoms with Crippen molar-refractivity contribution < 1.29 is 0 Å². The van der Waals surface area contributed by atoms with E-state index >= 15 is 0 Å². The van der Waals surface area contributed by atoms with Crippen LogP contribution in [0.1, 0.15) is 12.5 Å². The van der Waals surface area contributed by atoms with Crippen LogP contribution in [0.25, 0.3) is 0 Å². The van der Waals surface area contributed by atoms with Crippen LogP contribution in [0.15, 0.2) is 30.3 Å². The van der Waals surface area contributed by atoms with Gasteiger partial charge >= 0.3 is 0 Å². The minimum atomic E-state index is 0.691. The van der Waals surface area contributed by atoms with Crippen molar-refractivity contribution in [1.29, 1.82) is 0 Å². The highest BCUT2D eigenvalue weighted by Gasteiger charge is 2.03. The lowest BCUT2D eigenvalue weighted by atomic mass is 10.2. The molecule has 0 aliphatic carbocycles. The average Bonchev–Trinajstić information content (AvgIpc) is 2.68. The van der Waals surface area contributed by atoms with Crippen LogP contribution in [0, 0.1) is 0 Å². The van der Waals surface area contributed by atoms with Crippen LogP contribution in [-0.2, 0) is 6.54 Å². The summed E-state index contributed by atoms with van der Waals surface area (Å²) in [5.74, 6) is 0.710. The van der Waals surface area contributed by atoms with E-state index < -0.39 is 0 Å². The third-order valence-corrected chi connectivity index (χ3v) is 2.04. The summed E-state index contributed by atoms with van der Waals surface area (Å²) in [6.07, 6.45) is 0. The Morgan fingerprint density at radius 3 is 2.80 bits per heavy atom. The van der Waals surface area contributed by atoms with Crippen LogP contribution < -0.4 is 5.32 Å². The van der Waals surface area contributed by atoms with Crippen molar-refractivity contribution in [2.24, 2.45) is 0 Å². The number of hydrogen-bond donors (Lipinski definition) is 1.